The monoisotopic (exact) mass is 432 g/mol. The zero-order chi connectivity index (χ0) is 17.6. The van der Waals surface area contributed by atoms with Crippen molar-refractivity contribution in [1.82, 2.24) is 4.98 Å². The second-order valence-electron chi connectivity index (χ2n) is 5.53. The third-order valence-electron chi connectivity index (χ3n) is 3.45. The molecule has 1 aromatic heterocycles. The standard InChI is InChI=1S/C19H17BrN2OS2/c1-13-7-8-17(16(20)9-13)22-18(23)12-24-10-15-11-25-19(21-15)14-5-3-2-4-6-14/h2-9,11H,10,12H2,1H3,(H,22,23). The van der Waals surface area contributed by atoms with Gasteiger partial charge < -0.3 is 5.32 Å². The van der Waals surface area contributed by atoms with Crippen LogP contribution in [0.3, 0.4) is 0 Å². The minimum Gasteiger partial charge on any atom is -0.324 e. The van der Waals surface area contributed by atoms with Crippen molar-refractivity contribution in [3.63, 3.8) is 0 Å². The van der Waals surface area contributed by atoms with Gasteiger partial charge in [-0.15, -0.1) is 23.1 Å². The van der Waals surface area contributed by atoms with Crippen molar-refractivity contribution in [2.75, 3.05) is 11.1 Å². The Morgan fingerprint density at radius 2 is 2.04 bits per heavy atom. The molecule has 0 aliphatic heterocycles. The smallest absolute Gasteiger partial charge is 0.234 e. The molecule has 3 rings (SSSR count). The van der Waals surface area contributed by atoms with Crippen molar-refractivity contribution in [2.45, 2.75) is 12.7 Å². The number of amides is 1. The molecule has 1 N–H and O–H groups in total. The molecule has 1 amide bonds. The van der Waals surface area contributed by atoms with E-state index in [0.29, 0.717) is 5.75 Å². The van der Waals surface area contributed by atoms with Crippen LogP contribution in [0.2, 0.25) is 0 Å². The summed E-state index contributed by atoms with van der Waals surface area (Å²) in [6.45, 7) is 2.02. The number of thioether (sulfide) groups is 1. The molecule has 0 unspecified atom stereocenters. The van der Waals surface area contributed by atoms with Crippen LogP contribution >= 0.6 is 39.0 Å². The molecule has 25 heavy (non-hydrogen) atoms. The predicted octanol–water partition coefficient (Wildman–Crippen LogP) is 5.75. The van der Waals surface area contributed by atoms with E-state index >= 15 is 0 Å². The van der Waals surface area contributed by atoms with Crippen LogP contribution in [0.5, 0.6) is 0 Å². The van der Waals surface area contributed by atoms with Gasteiger partial charge in [-0.3, -0.25) is 4.79 Å². The maximum atomic E-state index is 12.1. The average molecular weight is 433 g/mol. The summed E-state index contributed by atoms with van der Waals surface area (Å²) < 4.78 is 0.901. The highest BCUT2D eigenvalue weighted by molar-refractivity contribution is 9.10. The van der Waals surface area contributed by atoms with E-state index in [1.807, 2.05) is 43.3 Å². The number of nitrogens with zero attached hydrogens (tertiary/aromatic N) is 1. The summed E-state index contributed by atoms with van der Waals surface area (Å²) in [5.41, 5.74) is 4.09. The van der Waals surface area contributed by atoms with Gasteiger partial charge in [0.2, 0.25) is 5.91 Å². The number of anilines is 1. The summed E-state index contributed by atoms with van der Waals surface area (Å²) in [5, 5.41) is 6.01. The van der Waals surface area contributed by atoms with E-state index in [-0.39, 0.29) is 5.91 Å². The molecule has 0 spiro atoms. The molecule has 0 aliphatic carbocycles. The largest absolute Gasteiger partial charge is 0.324 e. The van der Waals surface area contributed by atoms with Gasteiger partial charge in [0.05, 0.1) is 17.1 Å². The van der Waals surface area contributed by atoms with Crippen LogP contribution in [-0.2, 0) is 10.5 Å². The van der Waals surface area contributed by atoms with Gasteiger partial charge in [-0.05, 0) is 40.5 Å². The van der Waals surface area contributed by atoms with E-state index in [4.69, 9.17) is 0 Å². The van der Waals surface area contributed by atoms with Crippen molar-refractivity contribution >= 4 is 50.6 Å². The molecule has 0 bridgehead atoms. The molecule has 1 heterocycles. The van der Waals surface area contributed by atoms with Gasteiger partial charge in [0.1, 0.15) is 5.01 Å². The zero-order valence-electron chi connectivity index (χ0n) is 13.7. The topological polar surface area (TPSA) is 42.0 Å². The van der Waals surface area contributed by atoms with E-state index < -0.39 is 0 Å². The minimum absolute atomic E-state index is 0.00642. The quantitative estimate of drug-likeness (QED) is 0.538. The Morgan fingerprint density at radius 3 is 2.80 bits per heavy atom. The van der Waals surface area contributed by atoms with Crippen LogP contribution in [0, 0.1) is 6.92 Å². The first-order valence-corrected chi connectivity index (χ1v) is 10.6. The van der Waals surface area contributed by atoms with E-state index in [2.05, 4.69) is 43.7 Å². The molecule has 6 heteroatoms. The van der Waals surface area contributed by atoms with Crippen molar-refractivity contribution in [2.24, 2.45) is 0 Å². The highest BCUT2D eigenvalue weighted by Crippen LogP contribution is 2.26. The zero-order valence-corrected chi connectivity index (χ0v) is 16.9. The molecule has 0 aliphatic rings. The number of carbonyl (C=O) groups is 1. The van der Waals surface area contributed by atoms with Crippen molar-refractivity contribution in [3.05, 3.63) is 69.6 Å². The number of aromatic nitrogens is 1. The van der Waals surface area contributed by atoms with Crippen LogP contribution in [0.15, 0.2) is 58.4 Å². The number of hydrogen-bond acceptors (Lipinski definition) is 4. The molecule has 0 fully saturated rings. The molecule has 0 radical (unpaired) electrons. The normalized spacial score (nSPS) is 10.6. The fraction of sp³-hybridized carbons (Fsp3) is 0.158. The van der Waals surface area contributed by atoms with Crippen molar-refractivity contribution in [1.29, 1.82) is 0 Å². The SMILES string of the molecule is Cc1ccc(NC(=O)CSCc2csc(-c3ccccc3)n2)c(Br)c1. The average Bonchev–Trinajstić information content (AvgIpc) is 3.07. The van der Waals surface area contributed by atoms with E-state index in [0.717, 1.165) is 37.7 Å². The minimum atomic E-state index is -0.00642. The van der Waals surface area contributed by atoms with Gasteiger partial charge >= 0.3 is 0 Å². The highest BCUT2D eigenvalue weighted by Gasteiger charge is 2.08. The summed E-state index contributed by atoms with van der Waals surface area (Å²) in [6.07, 6.45) is 0. The fourth-order valence-electron chi connectivity index (χ4n) is 2.24. The van der Waals surface area contributed by atoms with Gasteiger partial charge in [-0.25, -0.2) is 4.98 Å². The molecule has 2 aromatic carbocycles. The maximum Gasteiger partial charge on any atom is 0.234 e. The van der Waals surface area contributed by atoms with Crippen LogP contribution in [0.4, 0.5) is 5.69 Å². The summed E-state index contributed by atoms with van der Waals surface area (Å²) in [7, 11) is 0. The summed E-state index contributed by atoms with van der Waals surface area (Å²) in [6, 6.07) is 16.0. The Hall–Kier alpha value is -1.63. The lowest BCUT2D eigenvalue weighted by Gasteiger charge is -2.07. The maximum absolute atomic E-state index is 12.1. The number of rotatable bonds is 6. The molecule has 0 atom stereocenters. The molecular formula is C19H17BrN2OS2. The summed E-state index contributed by atoms with van der Waals surface area (Å²) in [4.78, 5) is 16.7. The molecule has 3 nitrogen and oxygen atoms in total. The Labute approximate surface area is 164 Å². The van der Waals surface area contributed by atoms with E-state index in [1.54, 1.807) is 23.1 Å². The Bertz CT molecular complexity index is 865. The van der Waals surface area contributed by atoms with Gasteiger partial charge in [0, 0.05) is 21.2 Å². The summed E-state index contributed by atoms with van der Waals surface area (Å²) >= 11 is 6.68. The molecule has 0 saturated heterocycles. The van der Waals surface area contributed by atoms with Crippen molar-refractivity contribution < 1.29 is 4.79 Å². The van der Waals surface area contributed by atoms with E-state index in [1.165, 1.54) is 0 Å². The number of nitrogens with one attached hydrogen (secondary N) is 1. The van der Waals surface area contributed by atoms with Gasteiger partial charge in [0.15, 0.2) is 0 Å². The molecule has 3 aromatic rings. The molecule has 0 saturated carbocycles. The second-order valence-corrected chi connectivity index (χ2v) is 8.23. The highest BCUT2D eigenvalue weighted by atomic mass is 79.9. The Balaban J connectivity index is 1.49. The fourth-order valence-corrected chi connectivity index (χ4v) is 4.48. The van der Waals surface area contributed by atoms with E-state index in [9.17, 15) is 4.79 Å². The first kappa shape index (κ1) is 18.2. The lowest BCUT2D eigenvalue weighted by molar-refractivity contribution is -0.113. The van der Waals surface area contributed by atoms with Crippen LogP contribution < -0.4 is 5.32 Å². The first-order chi connectivity index (χ1) is 12.1. The Kier molecular flexibility index (Phi) is 6.29. The van der Waals surface area contributed by atoms with Gasteiger partial charge in [0.25, 0.3) is 0 Å². The third kappa shape index (κ3) is 5.17. The van der Waals surface area contributed by atoms with Crippen LogP contribution in [0.1, 0.15) is 11.3 Å². The van der Waals surface area contributed by atoms with Crippen LogP contribution in [0.25, 0.3) is 10.6 Å². The number of halogens is 1. The van der Waals surface area contributed by atoms with Gasteiger partial charge in [-0.2, -0.15) is 0 Å². The number of thiazole rings is 1. The number of benzene rings is 2. The molecular weight excluding hydrogens is 416 g/mol. The first-order valence-electron chi connectivity index (χ1n) is 7.75. The lowest BCUT2D eigenvalue weighted by Crippen LogP contribution is -2.14. The third-order valence-corrected chi connectivity index (χ3v) is 6.02. The predicted molar refractivity (Wildman–Crippen MR) is 111 cm³/mol. The number of carbonyl (C=O) groups excluding carboxylic acids is 1. The molecule has 128 valence electrons. The Morgan fingerprint density at radius 1 is 1.24 bits per heavy atom. The summed E-state index contributed by atoms with van der Waals surface area (Å²) in [5.74, 6) is 1.12. The number of hydrogen-bond donors (Lipinski definition) is 1. The second kappa shape index (κ2) is 8.65. The van der Waals surface area contributed by atoms with Gasteiger partial charge in [-0.1, -0.05) is 36.4 Å². The van der Waals surface area contributed by atoms with Crippen LogP contribution in [-0.4, -0.2) is 16.6 Å². The lowest BCUT2D eigenvalue weighted by atomic mass is 10.2. The van der Waals surface area contributed by atoms with Crippen molar-refractivity contribution in [3.8, 4) is 10.6 Å². The number of aryl methyl sites for hydroxylation is 1.